The van der Waals surface area contributed by atoms with Gasteiger partial charge in [-0.3, -0.25) is 9.89 Å². The predicted molar refractivity (Wildman–Crippen MR) is 115 cm³/mol. The highest BCUT2D eigenvalue weighted by atomic mass is 35.5. The summed E-state index contributed by atoms with van der Waals surface area (Å²) in [7, 11) is 1.56. The summed E-state index contributed by atoms with van der Waals surface area (Å²) in [5.74, 6) is 1.28. The summed E-state index contributed by atoms with van der Waals surface area (Å²) in [5.41, 5.74) is 5.15. The third kappa shape index (κ3) is 4.26. The molecule has 4 aromatic rings. The number of hydrazone groups is 1. The summed E-state index contributed by atoms with van der Waals surface area (Å²) < 4.78 is 10.9. The number of H-pyrrole nitrogens is 1. The number of amides is 1. The SMILES string of the molecule is COc1ccc(-c2ccc(/C=N/NC(=O)c3cc(-c4ccccc4)n[nH]3)o2)cc1Cl. The fraction of sp³-hybridized carbons (Fsp3) is 0.0455. The second kappa shape index (κ2) is 8.67. The zero-order valence-corrected chi connectivity index (χ0v) is 16.7. The first kappa shape index (κ1) is 19.5. The van der Waals surface area contributed by atoms with Crippen molar-refractivity contribution in [3.63, 3.8) is 0 Å². The number of nitrogens with one attached hydrogen (secondary N) is 2. The second-order valence-electron chi connectivity index (χ2n) is 6.28. The van der Waals surface area contributed by atoms with E-state index in [1.165, 1.54) is 6.21 Å². The first-order valence-electron chi connectivity index (χ1n) is 9.02. The van der Waals surface area contributed by atoms with Crippen LogP contribution in [0.2, 0.25) is 5.02 Å². The van der Waals surface area contributed by atoms with Crippen LogP contribution in [0.1, 0.15) is 16.2 Å². The van der Waals surface area contributed by atoms with Gasteiger partial charge in [0, 0.05) is 11.1 Å². The maximum Gasteiger partial charge on any atom is 0.289 e. The van der Waals surface area contributed by atoms with Gasteiger partial charge in [-0.2, -0.15) is 10.2 Å². The number of benzene rings is 2. The van der Waals surface area contributed by atoms with Crippen LogP contribution in [-0.4, -0.2) is 29.4 Å². The van der Waals surface area contributed by atoms with Crippen LogP contribution >= 0.6 is 11.6 Å². The van der Waals surface area contributed by atoms with Crippen molar-refractivity contribution >= 4 is 23.7 Å². The molecule has 7 nitrogen and oxygen atoms in total. The Bertz CT molecular complexity index is 1200. The topological polar surface area (TPSA) is 92.5 Å². The molecule has 0 fully saturated rings. The van der Waals surface area contributed by atoms with Crippen LogP contribution < -0.4 is 10.2 Å². The lowest BCUT2D eigenvalue weighted by atomic mass is 10.1. The number of ether oxygens (including phenoxy) is 1. The highest BCUT2D eigenvalue weighted by Gasteiger charge is 2.11. The molecule has 0 saturated heterocycles. The summed E-state index contributed by atoms with van der Waals surface area (Å²) >= 11 is 6.16. The molecule has 2 N–H and O–H groups in total. The summed E-state index contributed by atoms with van der Waals surface area (Å²) in [4.78, 5) is 12.3. The van der Waals surface area contributed by atoms with Gasteiger partial charge in [0.15, 0.2) is 0 Å². The minimum atomic E-state index is -0.408. The van der Waals surface area contributed by atoms with Gasteiger partial charge >= 0.3 is 0 Å². The zero-order chi connectivity index (χ0) is 20.9. The van der Waals surface area contributed by atoms with E-state index >= 15 is 0 Å². The lowest BCUT2D eigenvalue weighted by Crippen LogP contribution is -2.17. The van der Waals surface area contributed by atoms with Crippen molar-refractivity contribution in [2.24, 2.45) is 5.10 Å². The van der Waals surface area contributed by atoms with E-state index < -0.39 is 5.91 Å². The first-order valence-corrected chi connectivity index (χ1v) is 9.40. The third-order valence-electron chi connectivity index (χ3n) is 4.31. The van der Waals surface area contributed by atoms with Crippen molar-refractivity contribution in [2.75, 3.05) is 7.11 Å². The largest absolute Gasteiger partial charge is 0.495 e. The molecule has 0 bridgehead atoms. The summed E-state index contributed by atoms with van der Waals surface area (Å²) in [6, 6.07) is 20.1. The molecule has 1 amide bonds. The molecule has 0 atom stereocenters. The van der Waals surface area contributed by atoms with E-state index in [1.54, 1.807) is 37.4 Å². The number of aromatic amines is 1. The van der Waals surface area contributed by atoms with Gasteiger partial charge in [0.1, 0.15) is 23.0 Å². The van der Waals surface area contributed by atoms with Crippen molar-refractivity contribution in [1.29, 1.82) is 0 Å². The normalized spacial score (nSPS) is 11.0. The van der Waals surface area contributed by atoms with E-state index in [0.717, 1.165) is 11.1 Å². The molecular weight excluding hydrogens is 404 g/mol. The number of nitrogens with zero attached hydrogens (tertiary/aromatic N) is 2. The number of rotatable bonds is 6. The van der Waals surface area contributed by atoms with Gasteiger partial charge in [-0.25, -0.2) is 5.43 Å². The number of carbonyl (C=O) groups is 1. The number of aromatic nitrogens is 2. The van der Waals surface area contributed by atoms with Crippen molar-refractivity contribution in [1.82, 2.24) is 15.6 Å². The van der Waals surface area contributed by atoms with Crippen LogP contribution in [0.15, 0.2) is 76.2 Å². The average molecular weight is 421 g/mol. The molecule has 30 heavy (non-hydrogen) atoms. The minimum absolute atomic E-state index is 0.305. The van der Waals surface area contributed by atoms with Crippen LogP contribution in [0.5, 0.6) is 5.75 Å². The Morgan fingerprint density at radius 3 is 2.73 bits per heavy atom. The summed E-state index contributed by atoms with van der Waals surface area (Å²) in [6.45, 7) is 0. The maximum absolute atomic E-state index is 12.3. The first-order chi connectivity index (χ1) is 14.6. The molecule has 0 radical (unpaired) electrons. The molecule has 0 aliphatic carbocycles. The van der Waals surface area contributed by atoms with Crippen molar-refractivity contribution in [3.05, 3.63) is 83.2 Å². The van der Waals surface area contributed by atoms with Crippen LogP contribution in [-0.2, 0) is 0 Å². The fourth-order valence-corrected chi connectivity index (χ4v) is 3.06. The van der Waals surface area contributed by atoms with Gasteiger partial charge in [0.25, 0.3) is 5.91 Å². The van der Waals surface area contributed by atoms with Gasteiger partial charge in [0.05, 0.1) is 24.0 Å². The fourth-order valence-electron chi connectivity index (χ4n) is 2.81. The molecule has 0 spiro atoms. The molecule has 150 valence electrons. The molecule has 2 aromatic heterocycles. The molecule has 2 aromatic carbocycles. The number of hydrogen-bond donors (Lipinski definition) is 2. The number of halogens is 1. The zero-order valence-electron chi connectivity index (χ0n) is 15.9. The molecule has 0 unspecified atom stereocenters. The Balaban J connectivity index is 1.40. The number of hydrogen-bond acceptors (Lipinski definition) is 5. The summed E-state index contributed by atoms with van der Waals surface area (Å²) in [5, 5.41) is 11.3. The monoisotopic (exact) mass is 420 g/mol. The quantitative estimate of drug-likeness (QED) is 0.347. The van der Waals surface area contributed by atoms with Crippen molar-refractivity contribution < 1.29 is 13.9 Å². The Morgan fingerprint density at radius 1 is 1.13 bits per heavy atom. The van der Waals surface area contributed by atoms with Gasteiger partial charge in [0.2, 0.25) is 0 Å². The van der Waals surface area contributed by atoms with E-state index in [0.29, 0.717) is 33.7 Å². The van der Waals surface area contributed by atoms with Gasteiger partial charge in [-0.05, 0) is 36.4 Å². The van der Waals surface area contributed by atoms with E-state index in [-0.39, 0.29) is 0 Å². The highest BCUT2D eigenvalue weighted by Crippen LogP contribution is 2.30. The Hall–Kier alpha value is -3.84. The van der Waals surface area contributed by atoms with E-state index in [1.807, 2.05) is 36.4 Å². The van der Waals surface area contributed by atoms with Crippen LogP contribution in [0, 0.1) is 0 Å². The van der Waals surface area contributed by atoms with E-state index in [4.69, 9.17) is 20.8 Å². The molecule has 0 saturated carbocycles. The van der Waals surface area contributed by atoms with Crippen molar-refractivity contribution in [3.8, 4) is 28.3 Å². The molecule has 0 aliphatic rings. The Morgan fingerprint density at radius 2 is 1.97 bits per heavy atom. The van der Waals surface area contributed by atoms with Crippen LogP contribution in [0.3, 0.4) is 0 Å². The predicted octanol–water partition coefficient (Wildman–Crippen LogP) is 4.76. The maximum atomic E-state index is 12.3. The standard InChI is InChI=1S/C22H17ClN4O3/c1-29-21-9-7-15(11-17(21)23)20-10-8-16(30-20)13-24-27-22(28)19-12-18(25-26-19)14-5-3-2-4-6-14/h2-13H,1H3,(H,25,26)(H,27,28)/b24-13+. The summed E-state index contributed by atoms with van der Waals surface area (Å²) in [6.07, 6.45) is 1.42. The molecule has 8 heteroatoms. The lowest BCUT2D eigenvalue weighted by molar-refractivity contribution is 0.0950. The van der Waals surface area contributed by atoms with Crippen LogP contribution in [0.4, 0.5) is 0 Å². The van der Waals surface area contributed by atoms with Gasteiger partial charge in [-0.15, -0.1) is 0 Å². The third-order valence-corrected chi connectivity index (χ3v) is 4.61. The molecule has 0 aliphatic heterocycles. The lowest BCUT2D eigenvalue weighted by Gasteiger charge is -2.04. The average Bonchev–Trinajstić information content (AvgIpc) is 3.44. The number of methoxy groups -OCH3 is 1. The van der Waals surface area contributed by atoms with Crippen molar-refractivity contribution in [2.45, 2.75) is 0 Å². The second-order valence-corrected chi connectivity index (χ2v) is 6.69. The minimum Gasteiger partial charge on any atom is -0.495 e. The molecule has 4 rings (SSSR count). The Labute approximate surface area is 177 Å². The van der Waals surface area contributed by atoms with E-state index in [2.05, 4.69) is 20.7 Å². The highest BCUT2D eigenvalue weighted by molar-refractivity contribution is 6.32. The number of carbonyl (C=O) groups excluding carboxylic acids is 1. The van der Waals surface area contributed by atoms with Gasteiger partial charge < -0.3 is 9.15 Å². The number of furan rings is 1. The van der Waals surface area contributed by atoms with E-state index in [9.17, 15) is 4.79 Å². The van der Waals surface area contributed by atoms with Crippen LogP contribution in [0.25, 0.3) is 22.6 Å². The molecule has 2 heterocycles. The van der Waals surface area contributed by atoms with Gasteiger partial charge in [-0.1, -0.05) is 41.9 Å². The molecular formula is C22H17ClN4O3. The smallest absolute Gasteiger partial charge is 0.289 e. The Kier molecular flexibility index (Phi) is 5.63.